The quantitative estimate of drug-likeness (QED) is 0.871. The van der Waals surface area contributed by atoms with Crippen molar-refractivity contribution in [3.8, 4) is 5.75 Å². The number of nitrogens with two attached hydrogens (primary N) is 1. The summed E-state index contributed by atoms with van der Waals surface area (Å²) in [7, 11) is 0. The van der Waals surface area contributed by atoms with Crippen LogP contribution in [0.4, 0.5) is 13.2 Å². The Hall–Kier alpha value is -1.47. The topological polar surface area (TPSA) is 55.6 Å². The van der Waals surface area contributed by atoms with Crippen molar-refractivity contribution in [1.29, 1.82) is 0 Å². The van der Waals surface area contributed by atoms with Gasteiger partial charge in [0, 0.05) is 19.5 Å². The fourth-order valence-corrected chi connectivity index (χ4v) is 2.67. The molecule has 0 aliphatic carbocycles. The van der Waals surface area contributed by atoms with Crippen molar-refractivity contribution >= 4 is 18.3 Å². The minimum atomic E-state index is -4.69. The molecule has 1 amide bonds. The molecule has 0 spiro atoms. The molecule has 4 nitrogen and oxygen atoms in total. The molecular formula is C16H22ClF3N2O2. The lowest BCUT2D eigenvalue weighted by molar-refractivity contribution is -0.274. The van der Waals surface area contributed by atoms with Crippen LogP contribution in [0.2, 0.25) is 0 Å². The molecule has 1 aromatic rings. The Morgan fingerprint density at radius 2 is 1.96 bits per heavy atom. The maximum absolute atomic E-state index is 12.2. The van der Waals surface area contributed by atoms with Gasteiger partial charge in [-0.05, 0) is 42.5 Å². The first kappa shape index (κ1) is 20.6. The van der Waals surface area contributed by atoms with E-state index >= 15 is 0 Å². The molecule has 1 aromatic carbocycles. The molecule has 0 aromatic heterocycles. The number of ether oxygens (including phenoxy) is 1. The molecule has 24 heavy (non-hydrogen) atoms. The van der Waals surface area contributed by atoms with E-state index in [1.165, 1.54) is 12.1 Å². The van der Waals surface area contributed by atoms with Crippen LogP contribution in [0.1, 0.15) is 25.3 Å². The number of nitrogens with zero attached hydrogens (tertiary/aromatic N) is 1. The normalized spacial score (nSPS) is 20.6. The van der Waals surface area contributed by atoms with Gasteiger partial charge in [-0.3, -0.25) is 4.79 Å². The van der Waals surface area contributed by atoms with E-state index in [4.69, 9.17) is 5.73 Å². The third-order valence-electron chi connectivity index (χ3n) is 4.19. The van der Waals surface area contributed by atoms with E-state index in [2.05, 4.69) is 11.7 Å². The van der Waals surface area contributed by atoms with Crippen LogP contribution >= 0.6 is 12.4 Å². The molecule has 0 radical (unpaired) electrons. The van der Waals surface area contributed by atoms with E-state index in [1.807, 2.05) is 4.90 Å². The summed E-state index contributed by atoms with van der Waals surface area (Å²) in [4.78, 5) is 14.0. The Bertz CT molecular complexity index is 551. The highest BCUT2D eigenvalue weighted by Gasteiger charge is 2.34. The van der Waals surface area contributed by atoms with E-state index in [-0.39, 0.29) is 29.5 Å². The predicted molar refractivity (Wildman–Crippen MR) is 87.1 cm³/mol. The van der Waals surface area contributed by atoms with Gasteiger partial charge in [0.15, 0.2) is 0 Å². The summed E-state index contributed by atoms with van der Waals surface area (Å²) in [6, 6.07) is 5.61. The van der Waals surface area contributed by atoms with Gasteiger partial charge in [0.2, 0.25) is 5.91 Å². The molecule has 0 bridgehead atoms. The van der Waals surface area contributed by atoms with E-state index in [9.17, 15) is 18.0 Å². The Morgan fingerprint density at radius 1 is 1.33 bits per heavy atom. The number of alkyl halides is 3. The highest BCUT2D eigenvalue weighted by molar-refractivity contribution is 5.85. The first-order valence-electron chi connectivity index (χ1n) is 7.53. The summed E-state index contributed by atoms with van der Waals surface area (Å²) in [6.45, 7) is 4.00. The zero-order chi connectivity index (χ0) is 17.1. The number of likely N-dealkylation sites (tertiary alicyclic amines) is 1. The second kappa shape index (κ2) is 8.07. The SMILES string of the molecule is CC1(CN)CCN(C(=O)CCc2ccc(OC(F)(F)F)cc2)C1.Cl. The van der Waals surface area contributed by atoms with Crippen LogP contribution in [0.3, 0.4) is 0 Å². The first-order valence-corrected chi connectivity index (χ1v) is 7.53. The minimum Gasteiger partial charge on any atom is -0.406 e. The second-order valence-electron chi connectivity index (χ2n) is 6.27. The van der Waals surface area contributed by atoms with Gasteiger partial charge >= 0.3 is 6.36 Å². The summed E-state index contributed by atoms with van der Waals surface area (Å²) in [5.74, 6) is -0.205. The lowest BCUT2D eigenvalue weighted by atomic mass is 9.90. The van der Waals surface area contributed by atoms with Crippen LogP contribution in [-0.2, 0) is 11.2 Å². The number of carbonyl (C=O) groups excluding carboxylic acids is 1. The third-order valence-corrected chi connectivity index (χ3v) is 4.19. The number of rotatable bonds is 5. The fourth-order valence-electron chi connectivity index (χ4n) is 2.67. The van der Waals surface area contributed by atoms with Crippen molar-refractivity contribution in [3.05, 3.63) is 29.8 Å². The Kier molecular flexibility index (Phi) is 6.92. The summed E-state index contributed by atoms with van der Waals surface area (Å²) in [5, 5.41) is 0. The maximum Gasteiger partial charge on any atom is 0.573 e. The van der Waals surface area contributed by atoms with Crippen LogP contribution in [-0.4, -0.2) is 36.8 Å². The third kappa shape index (κ3) is 5.87. The van der Waals surface area contributed by atoms with Gasteiger partial charge in [0.25, 0.3) is 0 Å². The van der Waals surface area contributed by atoms with Gasteiger partial charge < -0.3 is 15.4 Å². The summed E-state index contributed by atoms with van der Waals surface area (Å²) < 4.78 is 40.0. The number of carbonyl (C=O) groups is 1. The number of amides is 1. The van der Waals surface area contributed by atoms with Crippen molar-refractivity contribution in [2.75, 3.05) is 19.6 Å². The van der Waals surface area contributed by atoms with Crippen LogP contribution in [0.25, 0.3) is 0 Å². The molecule has 2 rings (SSSR count). The molecule has 136 valence electrons. The molecule has 1 unspecified atom stereocenters. The predicted octanol–water partition coefficient (Wildman–Crippen LogP) is 3.14. The number of hydrogen-bond donors (Lipinski definition) is 1. The molecule has 1 aliphatic rings. The number of benzene rings is 1. The van der Waals surface area contributed by atoms with E-state index in [0.29, 0.717) is 32.5 Å². The molecular weight excluding hydrogens is 345 g/mol. The summed E-state index contributed by atoms with van der Waals surface area (Å²) >= 11 is 0. The Morgan fingerprint density at radius 3 is 2.46 bits per heavy atom. The Balaban J connectivity index is 0.00000288. The molecule has 1 aliphatic heterocycles. The molecule has 0 saturated carbocycles. The van der Waals surface area contributed by atoms with Gasteiger partial charge in [-0.2, -0.15) is 0 Å². The molecule has 1 fully saturated rings. The van der Waals surface area contributed by atoms with E-state index in [0.717, 1.165) is 12.0 Å². The van der Waals surface area contributed by atoms with E-state index < -0.39 is 6.36 Å². The zero-order valence-corrected chi connectivity index (χ0v) is 14.3. The van der Waals surface area contributed by atoms with Gasteiger partial charge in [-0.15, -0.1) is 25.6 Å². The van der Waals surface area contributed by atoms with Gasteiger partial charge in [0.1, 0.15) is 5.75 Å². The standard InChI is InChI=1S/C16H21F3N2O2.ClH/c1-15(10-20)8-9-21(11-15)14(22)7-4-12-2-5-13(6-3-12)23-16(17,18)19;/h2-3,5-6H,4,7-11,20H2,1H3;1H. The van der Waals surface area contributed by atoms with Crippen LogP contribution < -0.4 is 10.5 Å². The van der Waals surface area contributed by atoms with Gasteiger partial charge in [-0.25, -0.2) is 0 Å². The zero-order valence-electron chi connectivity index (χ0n) is 13.4. The van der Waals surface area contributed by atoms with Crippen LogP contribution in [0.5, 0.6) is 5.75 Å². The highest BCUT2D eigenvalue weighted by atomic mass is 35.5. The monoisotopic (exact) mass is 366 g/mol. The summed E-state index contributed by atoms with van der Waals surface area (Å²) in [6.07, 6.45) is -2.97. The first-order chi connectivity index (χ1) is 10.7. The minimum absolute atomic E-state index is 0. The van der Waals surface area contributed by atoms with Crippen molar-refractivity contribution in [3.63, 3.8) is 0 Å². The van der Waals surface area contributed by atoms with Crippen LogP contribution in [0, 0.1) is 5.41 Å². The lowest BCUT2D eigenvalue weighted by Gasteiger charge is -2.22. The average Bonchev–Trinajstić information content (AvgIpc) is 2.88. The molecule has 1 saturated heterocycles. The van der Waals surface area contributed by atoms with Gasteiger partial charge in [-0.1, -0.05) is 19.1 Å². The van der Waals surface area contributed by atoms with Gasteiger partial charge in [0.05, 0.1) is 0 Å². The van der Waals surface area contributed by atoms with Crippen LogP contribution in [0.15, 0.2) is 24.3 Å². The number of hydrogen-bond acceptors (Lipinski definition) is 3. The second-order valence-corrected chi connectivity index (χ2v) is 6.27. The maximum atomic E-state index is 12.2. The van der Waals surface area contributed by atoms with Crippen molar-refractivity contribution in [1.82, 2.24) is 4.90 Å². The lowest BCUT2D eigenvalue weighted by Crippen LogP contribution is -2.34. The number of aryl methyl sites for hydroxylation is 1. The average molecular weight is 367 g/mol. The molecule has 2 N–H and O–H groups in total. The fraction of sp³-hybridized carbons (Fsp3) is 0.562. The van der Waals surface area contributed by atoms with E-state index in [1.54, 1.807) is 12.1 Å². The molecule has 1 heterocycles. The Labute approximate surface area is 145 Å². The highest BCUT2D eigenvalue weighted by Crippen LogP contribution is 2.29. The van der Waals surface area contributed by atoms with Crippen molar-refractivity contribution in [2.45, 2.75) is 32.5 Å². The largest absolute Gasteiger partial charge is 0.573 e. The molecule has 8 heteroatoms. The smallest absolute Gasteiger partial charge is 0.406 e. The number of halogens is 4. The van der Waals surface area contributed by atoms with Crippen molar-refractivity contribution < 1.29 is 22.7 Å². The molecule has 1 atom stereocenters. The van der Waals surface area contributed by atoms with Crippen molar-refractivity contribution in [2.24, 2.45) is 11.1 Å². The summed E-state index contributed by atoms with van der Waals surface area (Å²) in [5.41, 5.74) is 6.52.